The fraction of sp³-hybridized carbons (Fsp3) is 0.0769. The summed E-state index contributed by atoms with van der Waals surface area (Å²) in [6.07, 6.45) is 4.41. The lowest BCUT2D eigenvalue weighted by Gasteiger charge is -2.27. The molecule has 3 rings (SSSR count). The van der Waals surface area contributed by atoms with Gasteiger partial charge in [0, 0.05) is 23.4 Å². The van der Waals surface area contributed by atoms with Crippen LogP contribution in [0.3, 0.4) is 0 Å². The summed E-state index contributed by atoms with van der Waals surface area (Å²) < 4.78 is 0. The van der Waals surface area contributed by atoms with E-state index in [2.05, 4.69) is 5.32 Å². The van der Waals surface area contributed by atoms with Crippen molar-refractivity contribution in [2.75, 3.05) is 5.32 Å². The van der Waals surface area contributed by atoms with Crippen LogP contribution in [0.4, 0.5) is 5.69 Å². The normalized spacial score (nSPS) is 21.4. The van der Waals surface area contributed by atoms with E-state index < -0.39 is 5.92 Å². The summed E-state index contributed by atoms with van der Waals surface area (Å²) in [5, 5.41) is 12.4. The van der Waals surface area contributed by atoms with Crippen LogP contribution in [0.2, 0.25) is 0 Å². The molecule has 1 aliphatic carbocycles. The molecule has 0 spiro atoms. The molecule has 1 atom stereocenters. The van der Waals surface area contributed by atoms with Crippen LogP contribution in [0.5, 0.6) is 5.75 Å². The van der Waals surface area contributed by atoms with Crippen LogP contribution >= 0.6 is 0 Å². The predicted octanol–water partition coefficient (Wildman–Crippen LogP) is 1.64. The van der Waals surface area contributed by atoms with Gasteiger partial charge in [-0.2, -0.15) is 0 Å². The topological polar surface area (TPSA) is 66.4 Å². The fourth-order valence-corrected chi connectivity index (χ4v) is 2.10. The number of rotatable bonds is 0. The van der Waals surface area contributed by atoms with Crippen molar-refractivity contribution in [3.63, 3.8) is 0 Å². The van der Waals surface area contributed by atoms with Gasteiger partial charge in [0.05, 0.1) is 11.6 Å². The molecular formula is C13H9NO3. The van der Waals surface area contributed by atoms with E-state index in [4.69, 9.17) is 0 Å². The number of phenols is 1. The number of nitrogens with one attached hydrogen (secondary N) is 1. The molecule has 0 aromatic heterocycles. The molecule has 2 aliphatic rings. The Kier molecular flexibility index (Phi) is 1.92. The smallest absolute Gasteiger partial charge is 0.180 e. The molecule has 4 heteroatoms. The molecule has 17 heavy (non-hydrogen) atoms. The molecule has 0 amide bonds. The van der Waals surface area contributed by atoms with Crippen molar-refractivity contribution in [3.05, 3.63) is 47.7 Å². The van der Waals surface area contributed by atoms with Crippen molar-refractivity contribution in [2.24, 2.45) is 5.92 Å². The summed E-state index contributed by atoms with van der Waals surface area (Å²) in [4.78, 5) is 23.4. The number of aromatic hydroxyl groups is 1. The van der Waals surface area contributed by atoms with Crippen molar-refractivity contribution < 1.29 is 14.7 Å². The Balaban J connectivity index is 2.14. The van der Waals surface area contributed by atoms with Crippen LogP contribution < -0.4 is 5.32 Å². The van der Waals surface area contributed by atoms with E-state index in [0.29, 0.717) is 16.9 Å². The molecule has 2 N–H and O–H groups in total. The van der Waals surface area contributed by atoms with Crippen molar-refractivity contribution in [1.29, 1.82) is 0 Å². The van der Waals surface area contributed by atoms with Gasteiger partial charge in [0.25, 0.3) is 0 Å². The number of fused-ring (bicyclic) bond motifs is 2. The van der Waals surface area contributed by atoms with Gasteiger partial charge >= 0.3 is 0 Å². The maximum absolute atomic E-state index is 12.1. The third-order valence-electron chi connectivity index (χ3n) is 2.92. The minimum absolute atomic E-state index is 0.0613. The average molecular weight is 227 g/mol. The number of allylic oxidation sites excluding steroid dienone is 3. The van der Waals surface area contributed by atoms with Crippen LogP contribution in [0.1, 0.15) is 10.4 Å². The molecule has 1 aromatic rings. The van der Waals surface area contributed by atoms with Crippen LogP contribution in [-0.2, 0) is 4.79 Å². The second kappa shape index (κ2) is 3.31. The van der Waals surface area contributed by atoms with Crippen molar-refractivity contribution in [2.45, 2.75) is 0 Å². The Morgan fingerprint density at radius 1 is 1.24 bits per heavy atom. The number of carbonyl (C=O) groups excluding carboxylic acids is 2. The van der Waals surface area contributed by atoms with E-state index in [0.717, 1.165) is 0 Å². The van der Waals surface area contributed by atoms with Crippen molar-refractivity contribution in [1.82, 2.24) is 0 Å². The first kappa shape index (κ1) is 9.84. The first-order chi connectivity index (χ1) is 8.15. The Hall–Kier alpha value is -2.36. The third kappa shape index (κ3) is 1.45. The van der Waals surface area contributed by atoms with Gasteiger partial charge in [0.1, 0.15) is 5.75 Å². The lowest BCUT2D eigenvalue weighted by molar-refractivity contribution is -0.110. The second-order valence-electron chi connectivity index (χ2n) is 4.06. The van der Waals surface area contributed by atoms with Crippen molar-refractivity contribution >= 4 is 17.3 Å². The van der Waals surface area contributed by atoms with E-state index in [-0.39, 0.29) is 17.3 Å². The zero-order valence-corrected chi connectivity index (χ0v) is 8.81. The Bertz CT molecular complexity index is 599. The molecule has 0 fully saturated rings. The van der Waals surface area contributed by atoms with E-state index in [1.165, 1.54) is 24.3 Å². The molecule has 0 saturated carbocycles. The van der Waals surface area contributed by atoms with Gasteiger partial charge < -0.3 is 10.4 Å². The first-order valence-corrected chi connectivity index (χ1v) is 5.23. The first-order valence-electron chi connectivity index (χ1n) is 5.23. The zero-order chi connectivity index (χ0) is 12.0. The summed E-state index contributed by atoms with van der Waals surface area (Å²) >= 11 is 0. The fourth-order valence-electron chi connectivity index (χ4n) is 2.10. The highest BCUT2D eigenvalue weighted by molar-refractivity contribution is 6.12. The largest absolute Gasteiger partial charge is 0.508 e. The minimum atomic E-state index is -0.412. The van der Waals surface area contributed by atoms with Crippen LogP contribution in [-0.4, -0.2) is 16.7 Å². The summed E-state index contributed by atoms with van der Waals surface area (Å²) in [7, 11) is 0. The quantitative estimate of drug-likeness (QED) is 0.707. The Labute approximate surface area is 97.3 Å². The maximum Gasteiger partial charge on any atom is 0.180 e. The van der Waals surface area contributed by atoms with E-state index in [9.17, 15) is 14.7 Å². The second-order valence-corrected chi connectivity index (χ2v) is 4.06. The van der Waals surface area contributed by atoms with Crippen LogP contribution in [0, 0.1) is 5.92 Å². The monoisotopic (exact) mass is 227 g/mol. The Morgan fingerprint density at radius 3 is 2.88 bits per heavy atom. The highest BCUT2D eigenvalue weighted by Gasteiger charge is 2.31. The SMILES string of the molecule is O=C1C=CC2C(=O)c3ccc(O)cc3NC2=C1. The molecule has 1 heterocycles. The number of ketones is 2. The van der Waals surface area contributed by atoms with Gasteiger partial charge in [-0.3, -0.25) is 9.59 Å². The number of Topliss-reactive ketones (excluding diaryl/α,β-unsaturated/α-hetero) is 1. The molecule has 0 radical (unpaired) electrons. The zero-order valence-electron chi connectivity index (χ0n) is 8.81. The predicted molar refractivity (Wildman–Crippen MR) is 61.8 cm³/mol. The van der Waals surface area contributed by atoms with Gasteiger partial charge in [-0.1, -0.05) is 6.08 Å². The number of benzene rings is 1. The van der Waals surface area contributed by atoms with E-state index in [1.54, 1.807) is 12.1 Å². The van der Waals surface area contributed by atoms with Crippen molar-refractivity contribution in [3.8, 4) is 5.75 Å². The summed E-state index contributed by atoms with van der Waals surface area (Å²) in [5.41, 5.74) is 1.64. The summed E-state index contributed by atoms with van der Waals surface area (Å²) in [6.45, 7) is 0. The molecule has 1 aliphatic heterocycles. The lowest BCUT2D eigenvalue weighted by atomic mass is 9.86. The van der Waals surface area contributed by atoms with E-state index >= 15 is 0 Å². The number of anilines is 1. The van der Waals surface area contributed by atoms with E-state index in [1.807, 2.05) is 0 Å². The molecular weight excluding hydrogens is 218 g/mol. The third-order valence-corrected chi connectivity index (χ3v) is 2.92. The number of carbonyl (C=O) groups is 2. The number of hydrogen-bond donors (Lipinski definition) is 2. The van der Waals surface area contributed by atoms with Gasteiger partial charge in [-0.15, -0.1) is 0 Å². The van der Waals surface area contributed by atoms with Crippen LogP contribution in [0.25, 0.3) is 0 Å². The number of phenolic OH excluding ortho intramolecular Hbond substituents is 1. The summed E-state index contributed by atoms with van der Waals surface area (Å²) in [5.74, 6) is -0.528. The Morgan fingerprint density at radius 2 is 2.06 bits per heavy atom. The van der Waals surface area contributed by atoms with Crippen LogP contribution in [0.15, 0.2) is 42.1 Å². The number of hydrogen-bond acceptors (Lipinski definition) is 4. The molecule has 84 valence electrons. The molecule has 0 bridgehead atoms. The van der Waals surface area contributed by atoms with Gasteiger partial charge in [-0.05, 0) is 18.2 Å². The van der Waals surface area contributed by atoms with Gasteiger partial charge in [0.15, 0.2) is 11.6 Å². The standard InChI is InChI=1S/C13H9NO3/c15-7-1-3-9-11(5-7)14-12-6-8(16)2-4-10(12)13(9)17/h1-6,9,14,16H. The van der Waals surface area contributed by atoms with Gasteiger partial charge in [0.2, 0.25) is 0 Å². The lowest BCUT2D eigenvalue weighted by Crippen LogP contribution is -2.28. The minimum Gasteiger partial charge on any atom is -0.508 e. The van der Waals surface area contributed by atoms with Gasteiger partial charge in [-0.25, -0.2) is 0 Å². The molecule has 1 unspecified atom stereocenters. The molecule has 0 saturated heterocycles. The highest BCUT2D eigenvalue weighted by Crippen LogP contribution is 2.34. The molecule has 1 aromatic carbocycles. The summed E-state index contributed by atoms with van der Waals surface area (Å²) in [6, 6.07) is 4.54. The molecule has 4 nitrogen and oxygen atoms in total. The maximum atomic E-state index is 12.1. The average Bonchev–Trinajstić information content (AvgIpc) is 2.28. The highest BCUT2D eigenvalue weighted by atomic mass is 16.3.